The van der Waals surface area contributed by atoms with Crippen molar-refractivity contribution < 1.29 is 0 Å². The Kier molecular flexibility index (Phi) is 2.92. The molecule has 0 aliphatic heterocycles. The topological polar surface area (TPSA) is 0 Å². The average Bonchev–Trinajstić information content (AvgIpc) is 2.44. The molecule has 16 heavy (non-hydrogen) atoms. The third kappa shape index (κ3) is 1.71. The zero-order valence-electron chi connectivity index (χ0n) is 11.1. The molecule has 0 spiro atoms. The predicted molar refractivity (Wildman–Crippen MR) is 71.6 cm³/mol. The molecule has 1 aromatic rings. The molecule has 0 aromatic heterocycles. The van der Waals surface area contributed by atoms with Gasteiger partial charge in [0.05, 0.1) is 0 Å². The van der Waals surface area contributed by atoms with Crippen LogP contribution in [0.25, 0.3) is 5.57 Å². The van der Waals surface area contributed by atoms with E-state index in [1.807, 2.05) is 0 Å². The number of hydrogen-bond donors (Lipinski definition) is 0. The Bertz CT molecular complexity index is 435. The van der Waals surface area contributed by atoms with E-state index in [0.717, 1.165) is 5.92 Å². The van der Waals surface area contributed by atoms with Gasteiger partial charge in [-0.2, -0.15) is 0 Å². The van der Waals surface area contributed by atoms with Crippen molar-refractivity contribution in [2.75, 3.05) is 0 Å². The standard InChI is InChI=1S/C16H22/c1-10(2)9-15-12(4)13(5)16-11(3)7-6-8-14(15)16/h6-8,10,15H,9H2,1-5H3. The van der Waals surface area contributed by atoms with Gasteiger partial charge in [-0.1, -0.05) is 37.6 Å². The molecule has 2 rings (SSSR count). The molecule has 0 fully saturated rings. The third-order valence-electron chi connectivity index (χ3n) is 3.88. The van der Waals surface area contributed by atoms with Crippen molar-refractivity contribution >= 4 is 5.57 Å². The summed E-state index contributed by atoms with van der Waals surface area (Å²) in [6, 6.07) is 6.75. The second-order valence-electron chi connectivity index (χ2n) is 5.53. The molecule has 1 unspecified atom stereocenters. The zero-order valence-corrected chi connectivity index (χ0v) is 11.1. The van der Waals surface area contributed by atoms with Gasteiger partial charge in [-0.3, -0.25) is 0 Å². The molecule has 86 valence electrons. The highest BCUT2D eigenvalue weighted by Crippen LogP contribution is 2.45. The summed E-state index contributed by atoms with van der Waals surface area (Å²) >= 11 is 0. The second-order valence-corrected chi connectivity index (χ2v) is 5.53. The fraction of sp³-hybridized carbons (Fsp3) is 0.500. The first-order valence-corrected chi connectivity index (χ1v) is 6.29. The molecule has 1 aliphatic carbocycles. The van der Waals surface area contributed by atoms with Crippen LogP contribution in [0.2, 0.25) is 0 Å². The SMILES string of the molecule is CC1=C(C)C(CC(C)C)c2cccc(C)c21. The molecular formula is C16H22. The van der Waals surface area contributed by atoms with E-state index < -0.39 is 0 Å². The van der Waals surface area contributed by atoms with Crippen molar-refractivity contribution in [3.8, 4) is 0 Å². The van der Waals surface area contributed by atoms with Crippen molar-refractivity contribution in [1.82, 2.24) is 0 Å². The smallest absolute Gasteiger partial charge is 0.00599 e. The maximum Gasteiger partial charge on any atom is 0.00599 e. The Morgan fingerprint density at radius 3 is 2.44 bits per heavy atom. The number of aryl methyl sites for hydroxylation is 1. The molecule has 0 bridgehead atoms. The van der Waals surface area contributed by atoms with E-state index in [0.29, 0.717) is 5.92 Å². The van der Waals surface area contributed by atoms with Gasteiger partial charge >= 0.3 is 0 Å². The van der Waals surface area contributed by atoms with E-state index in [-0.39, 0.29) is 0 Å². The summed E-state index contributed by atoms with van der Waals surface area (Å²) < 4.78 is 0. The molecule has 1 atom stereocenters. The largest absolute Gasteiger partial charge is 0.0627 e. The molecule has 1 aromatic carbocycles. The van der Waals surface area contributed by atoms with E-state index in [9.17, 15) is 0 Å². The van der Waals surface area contributed by atoms with Gasteiger partial charge in [-0.05, 0) is 55.4 Å². The Morgan fingerprint density at radius 2 is 1.81 bits per heavy atom. The fourth-order valence-corrected chi connectivity index (χ4v) is 2.96. The maximum absolute atomic E-state index is 2.32. The molecule has 0 heteroatoms. The van der Waals surface area contributed by atoms with Crippen LogP contribution in [0.5, 0.6) is 0 Å². The van der Waals surface area contributed by atoms with Crippen LogP contribution >= 0.6 is 0 Å². The van der Waals surface area contributed by atoms with Crippen LogP contribution < -0.4 is 0 Å². The van der Waals surface area contributed by atoms with Gasteiger partial charge in [0.25, 0.3) is 0 Å². The van der Waals surface area contributed by atoms with Crippen molar-refractivity contribution in [2.24, 2.45) is 5.92 Å². The van der Waals surface area contributed by atoms with Crippen LogP contribution in [0.15, 0.2) is 23.8 Å². The quantitative estimate of drug-likeness (QED) is 0.654. The summed E-state index contributed by atoms with van der Waals surface area (Å²) in [6.45, 7) is 11.4. The highest BCUT2D eigenvalue weighted by Gasteiger charge is 2.27. The molecule has 0 saturated heterocycles. The highest BCUT2D eigenvalue weighted by atomic mass is 14.3. The molecule has 1 aliphatic rings. The lowest BCUT2D eigenvalue weighted by Gasteiger charge is -2.17. The third-order valence-corrected chi connectivity index (χ3v) is 3.88. The Balaban J connectivity index is 2.50. The summed E-state index contributed by atoms with van der Waals surface area (Å²) in [7, 11) is 0. The summed E-state index contributed by atoms with van der Waals surface area (Å²) in [5, 5.41) is 0. The number of benzene rings is 1. The maximum atomic E-state index is 2.32. The van der Waals surface area contributed by atoms with Gasteiger partial charge in [0, 0.05) is 5.92 Å². The minimum atomic E-state index is 0.662. The zero-order chi connectivity index (χ0) is 11.9. The van der Waals surface area contributed by atoms with Gasteiger partial charge < -0.3 is 0 Å². The molecule has 0 heterocycles. The normalized spacial score (nSPS) is 19.5. The Labute approximate surface area is 99.4 Å². The number of rotatable bonds is 2. The van der Waals surface area contributed by atoms with Gasteiger partial charge in [0.1, 0.15) is 0 Å². The van der Waals surface area contributed by atoms with Gasteiger partial charge in [0.2, 0.25) is 0 Å². The van der Waals surface area contributed by atoms with Crippen molar-refractivity contribution in [2.45, 2.75) is 47.0 Å². The molecule has 0 nitrogen and oxygen atoms in total. The minimum Gasteiger partial charge on any atom is -0.0627 e. The lowest BCUT2D eigenvalue weighted by molar-refractivity contribution is 0.541. The van der Waals surface area contributed by atoms with E-state index in [1.165, 1.54) is 23.1 Å². The van der Waals surface area contributed by atoms with Crippen LogP contribution in [0.4, 0.5) is 0 Å². The highest BCUT2D eigenvalue weighted by molar-refractivity contribution is 5.78. The summed E-state index contributed by atoms with van der Waals surface area (Å²) in [5.74, 6) is 1.43. The molecule has 0 radical (unpaired) electrons. The second kappa shape index (κ2) is 4.08. The van der Waals surface area contributed by atoms with Gasteiger partial charge in [0.15, 0.2) is 0 Å². The van der Waals surface area contributed by atoms with Crippen LogP contribution in [0.3, 0.4) is 0 Å². The van der Waals surface area contributed by atoms with E-state index in [2.05, 4.69) is 52.8 Å². The van der Waals surface area contributed by atoms with Crippen LogP contribution in [-0.2, 0) is 0 Å². The van der Waals surface area contributed by atoms with Crippen LogP contribution in [0.1, 0.15) is 56.7 Å². The van der Waals surface area contributed by atoms with Crippen LogP contribution in [-0.4, -0.2) is 0 Å². The summed E-state index contributed by atoms with van der Waals surface area (Å²) in [4.78, 5) is 0. The lowest BCUT2D eigenvalue weighted by Crippen LogP contribution is -2.02. The van der Waals surface area contributed by atoms with E-state index in [4.69, 9.17) is 0 Å². The van der Waals surface area contributed by atoms with E-state index >= 15 is 0 Å². The number of allylic oxidation sites excluding steroid dienone is 2. The van der Waals surface area contributed by atoms with Gasteiger partial charge in [-0.15, -0.1) is 0 Å². The number of hydrogen-bond acceptors (Lipinski definition) is 0. The van der Waals surface area contributed by atoms with Crippen molar-refractivity contribution in [3.05, 3.63) is 40.5 Å². The van der Waals surface area contributed by atoms with Crippen LogP contribution in [0, 0.1) is 12.8 Å². The predicted octanol–water partition coefficient (Wildman–Crippen LogP) is 4.93. The first-order chi connectivity index (χ1) is 7.52. The molecule has 0 N–H and O–H groups in total. The number of fused-ring (bicyclic) bond motifs is 1. The summed E-state index contributed by atoms with van der Waals surface area (Å²) in [6.07, 6.45) is 1.28. The molecular weight excluding hydrogens is 192 g/mol. The summed E-state index contributed by atoms with van der Waals surface area (Å²) in [5.41, 5.74) is 7.60. The fourth-order valence-electron chi connectivity index (χ4n) is 2.96. The average molecular weight is 214 g/mol. The minimum absolute atomic E-state index is 0.662. The van der Waals surface area contributed by atoms with Crippen molar-refractivity contribution in [3.63, 3.8) is 0 Å². The Hall–Kier alpha value is -1.04. The first kappa shape index (κ1) is 11.4. The monoisotopic (exact) mass is 214 g/mol. The van der Waals surface area contributed by atoms with E-state index in [1.54, 1.807) is 11.1 Å². The molecule has 0 saturated carbocycles. The molecule has 0 amide bonds. The lowest BCUT2D eigenvalue weighted by atomic mass is 9.88. The first-order valence-electron chi connectivity index (χ1n) is 6.29. The van der Waals surface area contributed by atoms with Crippen molar-refractivity contribution in [1.29, 1.82) is 0 Å². The van der Waals surface area contributed by atoms with Gasteiger partial charge in [-0.25, -0.2) is 0 Å². The Morgan fingerprint density at radius 1 is 1.12 bits per heavy atom.